The van der Waals surface area contributed by atoms with Gasteiger partial charge in [-0.25, -0.2) is 8.93 Å². The van der Waals surface area contributed by atoms with Crippen molar-refractivity contribution in [3.63, 3.8) is 0 Å². The van der Waals surface area contributed by atoms with Crippen molar-refractivity contribution in [2.24, 2.45) is 0 Å². The molecule has 0 aliphatic heterocycles. The lowest BCUT2D eigenvalue weighted by Gasteiger charge is -2.22. The molecule has 0 fully saturated rings. The number of benzene rings is 2. The van der Waals surface area contributed by atoms with E-state index in [0.29, 0.717) is 5.75 Å². The highest BCUT2D eigenvalue weighted by molar-refractivity contribution is 7.84. The van der Waals surface area contributed by atoms with E-state index in [1.807, 2.05) is 76.2 Å². The zero-order valence-corrected chi connectivity index (χ0v) is 16.1. The van der Waals surface area contributed by atoms with E-state index in [-0.39, 0.29) is 17.4 Å². The molecule has 2 aromatic carbocycles. The van der Waals surface area contributed by atoms with Crippen molar-refractivity contribution in [2.75, 3.05) is 0 Å². The molecule has 25 heavy (non-hydrogen) atoms. The Morgan fingerprint density at radius 2 is 1.64 bits per heavy atom. The van der Waals surface area contributed by atoms with Crippen LogP contribution in [0, 0.1) is 0 Å². The van der Waals surface area contributed by atoms with Crippen molar-refractivity contribution in [3.8, 4) is 11.5 Å². The van der Waals surface area contributed by atoms with Gasteiger partial charge >= 0.3 is 0 Å². The van der Waals surface area contributed by atoms with Crippen molar-refractivity contribution >= 4 is 11.0 Å². The minimum Gasteiger partial charge on any atom is -0.457 e. The van der Waals surface area contributed by atoms with E-state index < -0.39 is 11.0 Å². The summed E-state index contributed by atoms with van der Waals surface area (Å²) in [6.45, 7) is 7.89. The van der Waals surface area contributed by atoms with Crippen LogP contribution in [0.3, 0.4) is 0 Å². The summed E-state index contributed by atoms with van der Waals surface area (Å²) in [5.41, 5.74) is 1.93. The Balaban J connectivity index is 2.02. The number of aliphatic hydroxyl groups is 1. The summed E-state index contributed by atoms with van der Waals surface area (Å²) in [6, 6.07) is 15.4. The molecular formula is C20H27NO3S. The second-order valence-electron chi connectivity index (χ2n) is 7.16. The summed E-state index contributed by atoms with van der Waals surface area (Å²) in [6.07, 6.45) is 0.760. The van der Waals surface area contributed by atoms with Crippen LogP contribution < -0.4 is 9.46 Å². The number of ether oxygens (including phenoxy) is 1. The molecule has 2 atom stereocenters. The first kappa shape index (κ1) is 19.6. The van der Waals surface area contributed by atoms with Crippen molar-refractivity contribution in [2.45, 2.75) is 51.5 Å². The lowest BCUT2D eigenvalue weighted by Crippen LogP contribution is -2.39. The Morgan fingerprint density at radius 1 is 1.08 bits per heavy atom. The first-order chi connectivity index (χ1) is 11.8. The maximum atomic E-state index is 12.2. The Morgan fingerprint density at radius 3 is 2.20 bits per heavy atom. The minimum atomic E-state index is -1.09. The second kappa shape index (κ2) is 8.61. The molecule has 0 spiro atoms. The Hall–Kier alpha value is -1.69. The molecule has 136 valence electrons. The van der Waals surface area contributed by atoms with Gasteiger partial charge < -0.3 is 9.84 Å². The molecule has 2 N–H and O–H groups in total. The van der Waals surface area contributed by atoms with Crippen molar-refractivity contribution in [3.05, 3.63) is 59.7 Å². The van der Waals surface area contributed by atoms with Crippen LogP contribution in [0.2, 0.25) is 0 Å². The van der Waals surface area contributed by atoms with Gasteiger partial charge in [0.25, 0.3) is 0 Å². The molecule has 4 nitrogen and oxygen atoms in total. The Labute approximate surface area is 152 Å². The van der Waals surface area contributed by atoms with Crippen molar-refractivity contribution in [1.29, 1.82) is 0 Å². The minimum absolute atomic E-state index is 0.00859. The topological polar surface area (TPSA) is 58.6 Å². The van der Waals surface area contributed by atoms with Crippen LogP contribution in [0.4, 0.5) is 0 Å². The summed E-state index contributed by atoms with van der Waals surface area (Å²) in [4.78, 5) is 0. The SMILES string of the molecule is C[C@@H](Cc1cccc(Oc2cccc(CO)c2)c1)N[S@@](=O)C(C)(C)C. The summed E-state index contributed by atoms with van der Waals surface area (Å²) in [5, 5.41) is 9.21. The standard InChI is InChI=1S/C20H27NO3S/c1-15(21-25(23)20(2,3)4)11-16-7-5-9-18(12-16)24-19-10-6-8-17(13-19)14-22/h5-10,12-13,15,21-22H,11,14H2,1-4H3/t15-,25-/m0/s1. The largest absolute Gasteiger partial charge is 0.457 e. The van der Waals surface area contributed by atoms with Crippen LogP contribution in [0.5, 0.6) is 11.5 Å². The summed E-state index contributed by atoms with van der Waals surface area (Å²) < 4.78 is 21.0. The van der Waals surface area contributed by atoms with Crippen LogP contribution in [-0.4, -0.2) is 20.1 Å². The van der Waals surface area contributed by atoms with Crippen molar-refractivity contribution in [1.82, 2.24) is 4.72 Å². The average Bonchev–Trinajstić information content (AvgIpc) is 2.54. The molecular weight excluding hydrogens is 334 g/mol. The zero-order chi connectivity index (χ0) is 18.4. The molecule has 0 saturated heterocycles. The normalized spacial score (nSPS) is 14.1. The second-order valence-corrected chi connectivity index (χ2v) is 9.16. The number of nitrogens with one attached hydrogen (secondary N) is 1. The number of aliphatic hydroxyl groups excluding tert-OH is 1. The molecule has 0 aliphatic carbocycles. The lowest BCUT2D eigenvalue weighted by molar-refractivity contribution is 0.281. The molecule has 0 saturated carbocycles. The average molecular weight is 362 g/mol. The van der Waals surface area contributed by atoms with Gasteiger partial charge in [0, 0.05) is 6.04 Å². The third kappa shape index (κ3) is 6.27. The highest BCUT2D eigenvalue weighted by Gasteiger charge is 2.21. The monoisotopic (exact) mass is 361 g/mol. The summed E-state index contributed by atoms with van der Waals surface area (Å²) >= 11 is 0. The van der Waals surface area contributed by atoms with Gasteiger partial charge in [-0.15, -0.1) is 0 Å². The van der Waals surface area contributed by atoms with Crippen LogP contribution in [0.15, 0.2) is 48.5 Å². The molecule has 0 heterocycles. The fourth-order valence-electron chi connectivity index (χ4n) is 2.33. The quantitative estimate of drug-likeness (QED) is 0.785. The van der Waals surface area contributed by atoms with Crippen LogP contribution in [0.25, 0.3) is 0 Å². The van der Waals surface area contributed by atoms with Gasteiger partial charge in [-0.2, -0.15) is 0 Å². The third-order valence-corrected chi connectivity index (χ3v) is 5.35. The van der Waals surface area contributed by atoms with Gasteiger partial charge in [-0.05, 0) is 69.5 Å². The van der Waals surface area contributed by atoms with Crippen molar-refractivity contribution < 1.29 is 14.1 Å². The van der Waals surface area contributed by atoms with Gasteiger partial charge in [-0.1, -0.05) is 24.3 Å². The van der Waals surface area contributed by atoms with Gasteiger partial charge in [0.15, 0.2) is 0 Å². The van der Waals surface area contributed by atoms with E-state index >= 15 is 0 Å². The van der Waals surface area contributed by atoms with Gasteiger partial charge in [0.1, 0.15) is 11.5 Å². The fraction of sp³-hybridized carbons (Fsp3) is 0.400. The maximum absolute atomic E-state index is 12.2. The van der Waals surface area contributed by atoms with Gasteiger partial charge in [0.05, 0.1) is 22.3 Å². The highest BCUT2D eigenvalue weighted by atomic mass is 32.2. The molecule has 0 amide bonds. The smallest absolute Gasteiger partial charge is 0.127 e. The van der Waals surface area contributed by atoms with E-state index in [1.165, 1.54) is 0 Å². The van der Waals surface area contributed by atoms with E-state index in [4.69, 9.17) is 4.74 Å². The van der Waals surface area contributed by atoms with Gasteiger partial charge in [-0.3, -0.25) is 0 Å². The van der Waals surface area contributed by atoms with Crippen LogP contribution >= 0.6 is 0 Å². The number of hydrogen-bond acceptors (Lipinski definition) is 3. The summed E-state index contributed by atoms with van der Waals surface area (Å²) in [7, 11) is -1.09. The van der Waals surface area contributed by atoms with E-state index in [2.05, 4.69) is 4.72 Å². The molecule has 5 heteroatoms. The molecule has 0 unspecified atom stereocenters. The summed E-state index contributed by atoms with van der Waals surface area (Å²) in [5.74, 6) is 1.44. The molecule has 2 rings (SSSR count). The van der Waals surface area contributed by atoms with E-state index in [9.17, 15) is 9.32 Å². The van der Waals surface area contributed by atoms with Crippen LogP contribution in [-0.2, 0) is 24.0 Å². The number of rotatable bonds is 7. The molecule has 0 aliphatic rings. The Kier molecular flexibility index (Phi) is 6.76. The predicted octanol–water partition coefficient (Wildman–Crippen LogP) is 3.95. The maximum Gasteiger partial charge on any atom is 0.127 e. The highest BCUT2D eigenvalue weighted by Crippen LogP contribution is 2.24. The molecule has 0 radical (unpaired) electrons. The van der Waals surface area contributed by atoms with Crippen LogP contribution in [0.1, 0.15) is 38.8 Å². The zero-order valence-electron chi connectivity index (χ0n) is 15.3. The predicted molar refractivity (Wildman–Crippen MR) is 103 cm³/mol. The first-order valence-electron chi connectivity index (χ1n) is 8.42. The van der Waals surface area contributed by atoms with Gasteiger partial charge in [0.2, 0.25) is 0 Å². The lowest BCUT2D eigenvalue weighted by atomic mass is 10.1. The third-order valence-electron chi connectivity index (χ3n) is 3.62. The molecule has 2 aromatic rings. The van der Waals surface area contributed by atoms with E-state index in [1.54, 1.807) is 0 Å². The van der Waals surface area contributed by atoms with E-state index in [0.717, 1.165) is 23.3 Å². The Bertz CT molecular complexity index is 725. The first-order valence-corrected chi connectivity index (χ1v) is 9.57. The molecule has 0 aromatic heterocycles. The molecule has 0 bridgehead atoms. The number of hydrogen-bond donors (Lipinski definition) is 2. The fourth-order valence-corrected chi connectivity index (χ4v) is 3.14.